The van der Waals surface area contributed by atoms with E-state index in [1.807, 2.05) is 30.3 Å². The van der Waals surface area contributed by atoms with Crippen LogP contribution in [0, 0.1) is 10.1 Å². The maximum atomic E-state index is 10.6. The highest BCUT2D eigenvalue weighted by atomic mass is 32.1. The summed E-state index contributed by atoms with van der Waals surface area (Å²) >= 11 is 5.21. The fourth-order valence-electron chi connectivity index (χ4n) is 2.07. The molecule has 0 spiro atoms. The Morgan fingerprint density at radius 2 is 1.76 bits per heavy atom. The average molecular weight is 354 g/mol. The fraction of sp³-hybridized carbons (Fsp3) is 0. The summed E-state index contributed by atoms with van der Waals surface area (Å²) < 4.78 is 0. The molecule has 1 aromatic heterocycles. The summed E-state index contributed by atoms with van der Waals surface area (Å²) in [4.78, 5) is 10.2. The van der Waals surface area contributed by atoms with Crippen molar-refractivity contribution < 1.29 is 4.92 Å². The molecule has 0 fully saturated rings. The Hall–Kier alpha value is -3.46. The highest BCUT2D eigenvalue weighted by Gasteiger charge is 2.06. The van der Waals surface area contributed by atoms with Gasteiger partial charge in [0.1, 0.15) is 5.82 Å². The number of para-hydroxylation sites is 1. The molecule has 0 aliphatic rings. The number of benzene rings is 2. The van der Waals surface area contributed by atoms with Gasteiger partial charge in [-0.2, -0.15) is 5.10 Å². The van der Waals surface area contributed by atoms with E-state index in [0.717, 1.165) is 5.69 Å². The molecule has 126 valence electrons. The van der Waals surface area contributed by atoms with E-state index in [9.17, 15) is 10.1 Å². The zero-order valence-corrected chi connectivity index (χ0v) is 13.7. The second-order valence-corrected chi connectivity index (χ2v) is 5.45. The van der Waals surface area contributed by atoms with Gasteiger partial charge in [-0.3, -0.25) is 15.2 Å². The summed E-state index contributed by atoms with van der Waals surface area (Å²) in [6.45, 7) is 0. The highest BCUT2D eigenvalue weighted by Crippen LogP contribution is 2.18. The summed E-state index contributed by atoms with van der Waals surface area (Å²) in [6, 6.07) is 17.4. The number of thiocarbonyl (C=S) groups is 1. The van der Waals surface area contributed by atoms with Crippen LogP contribution in [0.25, 0.3) is 0 Å². The summed E-state index contributed by atoms with van der Waals surface area (Å²) in [5.74, 6) is 1.25. The van der Waals surface area contributed by atoms with Crippen molar-refractivity contribution in [1.82, 2.24) is 10.2 Å². The van der Waals surface area contributed by atoms with Crippen LogP contribution < -0.4 is 16.0 Å². The Morgan fingerprint density at radius 3 is 2.44 bits per heavy atom. The number of hydrogen-bond donors (Lipinski definition) is 4. The minimum Gasteiger partial charge on any atom is -0.341 e. The van der Waals surface area contributed by atoms with Gasteiger partial charge in [-0.25, -0.2) is 0 Å². The van der Waals surface area contributed by atoms with Crippen LogP contribution in [-0.4, -0.2) is 20.2 Å². The van der Waals surface area contributed by atoms with E-state index in [1.165, 1.54) is 12.1 Å². The topological polar surface area (TPSA) is 108 Å². The van der Waals surface area contributed by atoms with E-state index in [-0.39, 0.29) is 5.69 Å². The van der Waals surface area contributed by atoms with Gasteiger partial charge < -0.3 is 16.0 Å². The number of H-pyrrole nitrogens is 1. The number of nitrogens with one attached hydrogen (secondary N) is 4. The molecule has 0 aliphatic carbocycles. The Balaban J connectivity index is 1.57. The minimum atomic E-state index is -0.453. The van der Waals surface area contributed by atoms with Crippen LogP contribution in [0.1, 0.15) is 0 Å². The first-order chi connectivity index (χ1) is 12.1. The summed E-state index contributed by atoms with van der Waals surface area (Å²) in [7, 11) is 0. The van der Waals surface area contributed by atoms with Crippen molar-refractivity contribution in [2.75, 3.05) is 16.0 Å². The van der Waals surface area contributed by atoms with Gasteiger partial charge in [0.15, 0.2) is 10.9 Å². The summed E-state index contributed by atoms with van der Waals surface area (Å²) in [5, 5.41) is 27.0. The Kier molecular flexibility index (Phi) is 4.86. The zero-order valence-electron chi connectivity index (χ0n) is 12.9. The molecular weight excluding hydrogens is 340 g/mol. The summed E-state index contributed by atoms with van der Waals surface area (Å²) in [5.41, 5.74) is 1.60. The molecule has 0 amide bonds. The molecule has 25 heavy (non-hydrogen) atoms. The van der Waals surface area contributed by atoms with Gasteiger partial charge in [-0.1, -0.05) is 18.2 Å². The maximum Gasteiger partial charge on any atom is 0.269 e. The molecule has 2 aromatic carbocycles. The quantitative estimate of drug-likeness (QED) is 0.313. The van der Waals surface area contributed by atoms with Gasteiger partial charge in [0.2, 0.25) is 0 Å². The van der Waals surface area contributed by atoms with Crippen LogP contribution in [0.5, 0.6) is 0 Å². The van der Waals surface area contributed by atoms with Gasteiger partial charge in [0, 0.05) is 29.6 Å². The van der Waals surface area contributed by atoms with Crippen molar-refractivity contribution in [3.8, 4) is 0 Å². The zero-order chi connectivity index (χ0) is 17.6. The lowest BCUT2D eigenvalue weighted by Crippen LogP contribution is -2.19. The molecule has 4 N–H and O–H groups in total. The van der Waals surface area contributed by atoms with E-state index >= 15 is 0 Å². The molecule has 0 aliphatic heterocycles. The Labute approximate surface area is 148 Å². The van der Waals surface area contributed by atoms with Gasteiger partial charge in [0.25, 0.3) is 5.69 Å². The van der Waals surface area contributed by atoms with Gasteiger partial charge in [-0.05, 0) is 36.5 Å². The third-order valence-corrected chi connectivity index (χ3v) is 3.41. The molecule has 3 rings (SSSR count). The first-order valence-corrected chi connectivity index (χ1v) is 7.71. The van der Waals surface area contributed by atoms with Crippen LogP contribution in [-0.2, 0) is 0 Å². The van der Waals surface area contributed by atoms with E-state index in [0.29, 0.717) is 22.4 Å². The van der Waals surface area contributed by atoms with Crippen LogP contribution in [0.3, 0.4) is 0 Å². The fourth-order valence-corrected chi connectivity index (χ4v) is 2.29. The van der Waals surface area contributed by atoms with E-state index in [1.54, 1.807) is 18.2 Å². The van der Waals surface area contributed by atoms with Crippen LogP contribution in [0.15, 0.2) is 60.7 Å². The van der Waals surface area contributed by atoms with E-state index < -0.39 is 4.92 Å². The van der Waals surface area contributed by atoms with E-state index in [2.05, 4.69) is 26.1 Å². The molecule has 3 aromatic rings. The average Bonchev–Trinajstić information content (AvgIpc) is 3.03. The lowest BCUT2D eigenvalue weighted by atomic mass is 10.3. The maximum absolute atomic E-state index is 10.6. The molecule has 0 saturated carbocycles. The number of non-ortho nitro benzene ring substituents is 1. The third-order valence-electron chi connectivity index (χ3n) is 3.21. The molecule has 0 unspecified atom stereocenters. The first-order valence-electron chi connectivity index (χ1n) is 7.30. The van der Waals surface area contributed by atoms with Crippen LogP contribution in [0.4, 0.5) is 28.7 Å². The number of aromatic nitrogens is 2. The van der Waals surface area contributed by atoms with Gasteiger partial charge in [-0.15, -0.1) is 0 Å². The van der Waals surface area contributed by atoms with Crippen molar-refractivity contribution in [2.45, 2.75) is 0 Å². The molecule has 9 heteroatoms. The van der Waals surface area contributed by atoms with Crippen molar-refractivity contribution in [3.63, 3.8) is 0 Å². The van der Waals surface area contributed by atoms with Gasteiger partial charge in [0.05, 0.1) is 4.92 Å². The van der Waals surface area contributed by atoms with Crippen LogP contribution >= 0.6 is 12.2 Å². The monoisotopic (exact) mass is 354 g/mol. The second-order valence-electron chi connectivity index (χ2n) is 5.04. The predicted molar refractivity (Wildman–Crippen MR) is 101 cm³/mol. The second kappa shape index (κ2) is 7.41. The van der Waals surface area contributed by atoms with Crippen molar-refractivity contribution in [1.29, 1.82) is 0 Å². The Bertz CT molecular complexity index is 879. The normalized spacial score (nSPS) is 10.1. The highest BCUT2D eigenvalue weighted by molar-refractivity contribution is 7.80. The predicted octanol–water partition coefficient (Wildman–Crippen LogP) is 3.87. The Morgan fingerprint density at radius 1 is 1.04 bits per heavy atom. The number of nitrogens with zero attached hydrogens (tertiary/aromatic N) is 2. The molecule has 0 radical (unpaired) electrons. The van der Waals surface area contributed by atoms with Crippen molar-refractivity contribution in [2.24, 2.45) is 0 Å². The lowest BCUT2D eigenvalue weighted by Gasteiger charge is -2.07. The van der Waals surface area contributed by atoms with Crippen LogP contribution in [0.2, 0.25) is 0 Å². The number of rotatable bonds is 5. The molecule has 0 atom stereocenters. The minimum absolute atomic E-state index is 0.0216. The lowest BCUT2D eigenvalue weighted by molar-refractivity contribution is -0.384. The molecule has 8 nitrogen and oxygen atoms in total. The number of hydrogen-bond acceptors (Lipinski definition) is 5. The first kappa shape index (κ1) is 16.4. The standard InChI is InChI=1S/C16H14N6O2S/c23-22(24)13-8-6-12(7-9-13)18-16(25)19-15-10-14(20-21-15)17-11-4-2-1-3-5-11/h1-10H,(H4,17,18,19,20,21,25). The number of nitro groups is 1. The molecule has 1 heterocycles. The molecule has 0 saturated heterocycles. The third kappa shape index (κ3) is 4.52. The van der Waals surface area contributed by atoms with Gasteiger partial charge >= 0.3 is 0 Å². The number of anilines is 4. The molecular formula is C16H14N6O2S. The summed E-state index contributed by atoms with van der Waals surface area (Å²) in [6.07, 6.45) is 0. The van der Waals surface area contributed by atoms with Crippen molar-refractivity contribution in [3.05, 3.63) is 70.8 Å². The van der Waals surface area contributed by atoms with Crippen molar-refractivity contribution >= 4 is 46.0 Å². The smallest absolute Gasteiger partial charge is 0.269 e. The molecule has 0 bridgehead atoms. The number of aromatic amines is 1. The van der Waals surface area contributed by atoms with E-state index in [4.69, 9.17) is 12.2 Å². The SMILES string of the molecule is O=[N+]([O-])c1ccc(NC(=S)Nc2cc(Nc3ccccc3)[nH]n2)cc1. The largest absolute Gasteiger partial charge is 0.341 e. The number of nitro benzene ring substituents is 1.